The number of aryl methyl sites for hydroxylation is 1. The van der Waals surface area contributed by atoms with E-state index >= 15 is 0 Å². The van der Waals surface area contributed by atoms with Gasteiger partial charge in [-0.15, -0.1) is 11.3 Å². The van der Waals surface area contributed by atoms with Gasteiger partial charge in [-0.3, -0.25) is 0 Å². The van der Waals surface area contributed by atoms with E-state index in [1.165, 1.54) is 26.4 Å². The van der Waals surface area contributed by atoms with Crippen LogP contribution in [0.1, 0.15) is 10.4 Å². The van der Waals surface area contributed by atoms with Gasteiger partial charge in [0.25, 0.3) is 0 Å². The van der Waals surface area contributed by atoms with Gasteiger partial charge in [0.15, 0.2) is 0 Å². The third kappa shape index (κ3) is 3.94. The van der Waals surface area contributed by atoms with Gasteiger partial charge in [-0.05, 0) is 60.3 Å². The highest BCUT2D eigenvalue weighted by Crippen LogP contribution is 2.58. The molecule has 0 saturated carbocycles. The van der Waals surface area contributed by atoms with Crippen molar-refractivity contribution < 1.29 is 17.0 Å². The van der Waals surface area contributed by atoms with Crippen molar-refractivity contribution in [1.82, 2.24) is 0 Å². The highest BCUT2D eigenvalue weighted by atomic mass is 79.9. The minimum Gasteiger partial charge on any atom is -1.00 e. The highest BCUT2D eigenvalue weighted by molar-refractivity contribution is 7.95. The molecule has 136 valence electrons. The van der Waals surface area contributed by atoms with Gasteiger partial charge in [0.05, 0.1) is 0 Å². The van der Waals surface area contributed by atoms with Gasteiger partial charge in [0.1, 0.15) is 29.3 Å². The molecular weight excluding hydrogens is 431 g/mol. The van der Waals surface area contributed by atoms with Crippen molar-refractivity contribution in [3.05, 3.63) is 113 Å². The molecule has 0 aliphatic rings. The topological polar surface area (TPSA) is 0 Å². The van der Waals surface area contributed by atoms with Crippen molar-refractivity contribution in [2.45, 2.75) is 13.1 Å². The summed E-state index contributed by atoms with van der Waals surface area (Å²) in [5, 5.41) is 6.57. The predicted octanol–water partition coefficient (Wildman–Crippen LogP) is 2.55. The number of thiophene rings is 1. The molecule has 3 heteroatoms. The summed E-state index contributed by atoms with van der Waals surface area (Å²) in [6.45, 7) is 2.24. The summed E-state index contributed by atoms with van der Waals surface area (Å²) in [7, 11) is -1.76. The number of hydrogen-bond donors (Lipinski definition) is 0. The molecule has 0 spiro atoms. The average molecular weight is 453 g/mol. The van der Waals surface area contributed by atoms with Crippen LogP contribution in [0.15, 0.2) is 102 Å². The molecule has 0 aliphatic carbocycles. The van der Waals surface area contributed by atoms with Crippen LogP contribution in [0.25, 0.3) is 0 Å². The zero-order valence-electron chi connectivity index (χ0n) is 15.3. The van der Waals surface area contributed by atoms with Crippen molar-refractivity contribution in [1.29, 1.82) is 0 Å². The maximum absolute atomic E-state index is 2.32. The standard InChI is InChI=1S/C24H22PS.BrH/c1-20-17-18-26-24(20)19-25(21-11-5-2-6-12-21,22-13-7-3-8-14-22)23-15-9-4-10-16-23;/h2-18H,19H2,1H3;1H/q+1;/p-1. The SMILES string of the molecule is Cc1ccsc1C[P+](c1ccccc1)(c1ccccc1)c1ccccc1.[Br-]. The molecule has 0 bridgehead atoms. The van der Waals surface area contributed by atoms with Gasteiger partial charge in [-0.25, -0.2) is 0 Å². The van der Waals surface area contributed by atoms with Gasteiger partial charge < -0.3 is 17.0 Å². The second kappa shape index (κ2) is 8.97. The first-order valence-electron chi connectivity index (χ1n) is 8.88. The van der Waals surface area contributed by atoms with E-state index in [2.05, 4.69) is 109 Å². The van der Waals surface area contributed by atoms with Crippen LogP contribution in [0.5, 0.6) is 0 Å². The maximum Gasteiger partial charge on any atom is 0.117 e. The average Bonchev–Trinajstić information content (AvgIpc) is 3.12. The summed E-state index contributed by atoms with van der Waals surface area (Å²) in [4.78, 5) is 1.50. The fraction of sp³-hybridized carbons (Fsp3) is 0.0833. The third-order valence-electron chi connectivity index (χ3n) is 4.94. The Labute approximate surface area is 177 Å². The van der Waals surface area contributed by atoms with Crippen LogP contribution in [0.3, 0.4) is 0 Å². The molecule has 0 saturated heterocycles. The fourth-order valence-electron chi connectivity index (χ4n) is 3.55. The summed E-state index contributed by atoms with van der Waals surface area (Å²) >= 11 is 1.89. The van der Waals surface area contributed by atoms with E-state index < -0.39 is 7.26 Å². The van der Waals surface area contributed by atoms with Crippen molar-refractivity contribution in [3.63, 3.8) is 0 Å². The van der Waals surface area contributed by atoms with E-state index in [4.69, 9.17) is 0 Å². The second-order valence-corrected chi connectivity index (χ2v) is 11.0. The van der Waals surface area contributed by atoms with E-state index in [1.807, 2.05) is 11.3 Å². The lowest BCUT2D eigenvalue weighted by atomic mass is 10.3. The third-order valence-corrected chi connectivity index (χ3v) is 10.5. The van der Waals surface area contributed by atoms with E-state index in [0.717, 1.165) is 6.16 Å². The number of benzene rings is 3. The number of hydrogen-bond acceptors (Lipinski definition) is 1. The summed E-state index contributed by atoms with van der Waals surface area (Å²) in [5.41, 5.74) is 1.40. The van der Waals surface area contributed by atoms with Crippen LogP contribution < -0.4 is 32.9 Å². The fourth-order valence-corrected chi connectivity index (χ4v) is 9.29. The van der Waals surface area contributed by atoms with Crippen LogP contribution in [-0.2, 0) is 6.16 Å². The molecule has 0 aliphatic heterocycles. The molecule has 0 radical (unpaired) electrons. The van der Waals surface area contributed by atoms with Crippen molar-refractivity contribution in [3.8, 4) is 0 Å². The Bertz CT molecular complexity index is 868. The minimum absolute atomic E-state index is 0. The summed E-state index contributed by atoms with van der Waals surface area (Å²) < 4.78 is 0. The van der Waals surface area contributed by atoms with Gasteiger partial charge in [-0.1, -0.05) is 54.6 Å². The Morgan fingerprint density at radius 3 is 1.37 bits per heavy atom. The summed E-state index contributed by atoms with van der Waals surface area (Å²) in [5.74, 6) is 0. The quantitative estimate of drug-likeness (QED) is 0.408. The number of rotatable bonds is 5. The monoisotopic (exact) mass is 452 g/mol. The first-order valence-corrected chi connectivity index (χ1v) is 11.7. The zero-order chi connectivity index (χ0) is 17.8. The van der Waals surface area contributed by atoms with Crippen LogP contribution in [0.4, 0.5) is 0 Å². The molecule has 1 heterocycles. The summed E-state index contributed by atoms with van der Waals surface area (Å²) in [6.07, 6.45) is 1.08. The number of halogens is 1. The van der Waals surface area contributed by atoms with E-state index in [1.54, 1.807) is 0 Å². The molecule has 0 nitrogen and oxygen atoms in total. The van der Waals surface area contributed by atoms with Crippen molar-refractivity contribution in [2.75, 3.05) is 0 Å². The van der Waals surface area contributed by atoms with Gasteiger partial charge in [0.2, 0.25) is 0 Å². The predicted molar refractivity (Wildman–Crippen MR) is 118 cm³/mol. The maximum atomic E-state index is 2.32. The lowest BCUT2D eigenvalue weighted by Crippen LogP contribution is -3.00. The lowest BCUT2D eigenvalue weighted by Gasteiger charge is -2.27. The van der Waals surface area contributed by atoms with E-state index in [9.17, 15) is 0 Å². The zero-order valence-corrected chi connectivity index (χ0v) is 18.6. The molecule has 0 unspecified atom stereocenters. The molecule has 0 fully saturated rings. The Kier molecular flexibility index (Phi) is 6.65. The first kappa shape index (κ1) is 20.0. The lowest BCUT2D eigenvalue weighted by molar-refractivity contribution is -0.00000502. The highest BCUT2D eigenvalue weighted by Gasteiger charge is 2.45. The Balaban J connectivity index is 0.00000210. The molecule has 27 heavy (non-hydrogen) atoms. The molecule has 0 N–H and O–H groups in total. The molecule has 0 amide bonds. The van der Waals surface area contributed by atoms with E-state index in [0.29, 0.717) is 0 Å². The molecule has 0 atom stereocenters. The molecule has 3 aromatic carbocycles. The molecule has 1 aromatic heterocycles. The summed E-state index contributed by atoms with van der Waals surface area (Å²) in [6, 6.07) is 35.6. The normalized spacial score (nSPS) is 11.0. The van der Waals surface area contributed by atoms with Crippen LogP contribution >= 0.6 is 18.6 Å². The first-order chi connectivity index (χ1) is 12.8. The van der Waals surface area contributed by atoms with Gasteiger partial charge in [0, 0.05) is 4.88 Å². The second-order valence-electron chi connectivity index (χ2n) is 6.50. The molecule has 4 aromatic rings. The largest absolute Gasteiger partial charge is 1.00 e. The van der Waals surface area contributed by atoms with Gasteiger partial charge in [-0.2, -0.15) is 0 Å². The Morgan fingerprint density at radius 1 is 0.630 bits per heavy atom. The Morgan fingerprint density at radius 2 is 1.04 bits per heavy atom. The molecular formula is C24H22BrPS. The minimum atomic E-state index is -1.76. The van der Waals surface area contributed by atoms with Gasteiger partial charge >= 0.3 is 0 Å². The van der Waals surface area contributed by atoms with E-state index in [-0.39, 0.29) is 17.0 Å². The van der Waals surface area contributed by atoms with Crippen LogP contribution in [0, 0.1) is 6.92 Å². The van der Waals surface area contributed by atoms with Crippen molar-refractivity contribution in [2.24, 2.45) is 0 Å². The Hall–Kier alpha value is -1.73. The smallest absolute Gasteiger partial charge is 0.117 e. The van der Waals surface area contributed by atoms with Crippen molar-refractivity contribution >= 4 is 34.5 Å². The van der Waals surface area contributed by atoms with Crippen LogP contribution in [-0.4, -0.2) is 0 Å². The molecule has 4 rings (SSSR count). The van der Waals surface area contributed by atoms with Crippen LogP contribution in [0.2, 0.25) is 0 Å².